The van der Waals surface area contributed by atoms with E-state index in [0.29, 0.717) is 16.9 Å². The fraction of sp³-hybridized carbons (Fsp3) is 0.250. The quantitative estimate of drug-likeness (QED) is 0.623. The molecule has 2 N–H and O–H groups in total. The molecule has 0 aliphatic heterocycles. The number of aryl methyl sites for hydroxylation is 1. The van der Waals surface area contributed by atoms with E-state index in [9.17, 15) is 9.59 Å². The van der Waals surface area contributed by atoms with Crippen molar-refractivity contribution in [2.45, 2.75) is 25.8 Å². The molecule has 0 unspecified atom stereocenters. The van der Waals surface area contributed by atoms with E-state index in [1.807, 2.05) is 12.3 Å². The summed E-state index contributed by atoms with van der Waals surface area (Å²) in [5.41, 5.74) is 3.50. The topological polar surface area (TPSA) is 106 Å². The number of methoxy groups -OCH3 is 1. The average Bonchev–Trinajstić information content (AvgIpc) is 3.43. The number of thiazole rings is 1. The zero-order valence-corrected chi connectivity index (χ0v) is 16.7. The number of aromatic nitrogens is 3. The Kier molecular flexibility index (Phi) is 5.22. The normalized spacial score (nSPS) is 13.0. The molecule has 0 bridgehead atoms. The van der Waals surface area contributed by atoms with Crippen LogP contribution in [0.3, 0.4) is 0 Å². The van der Waals surface area contributed by atoms with E-state index >= 15 is 0 Å². The van der Waals surface area contributed by atoms with Crippen LogP contribution in [-0.2, 0) is 4.74 Å². The summed E-state index contributed by atoms with van der Waals surface area (Å²) in [6, 6.07) is 3.46. The van der Waals surface area contributed by atoms with E-state index in [4.69, 9.17) is 4.74 Å². The first-order chi connectivity index (χ1) is 14.0. The number of hydrogen-bond donors (Lipinski definition) is 2. The third-order valence-corrected chi connectivity index (χ3v) is 5.37. The molecule has 0 saturated heterocycles. The standard InChI is InChI=1S/C20H19N5O3S/c1-11-10-29-18(23-11)15-6-17(25-20(27)24-14-3-4-14)22-9-16(15)12-5-13(8-21-7-12)19(26)28-2/h5-10,14H,3-4H2,1-2H3,(H2,22,24,25,27). The molecule has 9 heteroatoms. The van der Waals surface area contributed by atoms with E-state index in [2.05, 4.69) is 25.6 Å². The van der Waals surface area contributed by atoms with Crippen molar-refractivity contribution in [1.29, 1.82) is 0 Å². The summed E-state index contributed by atoms with van der Waals surface area (Å²) in [7, 11) is 1.33. The molecule has 3 aromatic heterocycles. The lowest BCUT2D eigenvalue weighted by Gasteiger charge is -2.11. The Morgan fingerprint density at radius 3 is 2.69 bits per heavy atom. The Balaban J connectivity index is 1.72. The Bertz CT molecular complexity index is 1080. The third-order valence-electron chi connectivity index (χ3n) is 4.38. The van der Waals surface area contributed by atoms with Gasteiger partial charge in [0.15, 0.2) is 0 Å². The van der Waals surface area contributed by atoms with Crippen molar-refractivity contribution >= 4 is 29.2 Å². The number of nitrogens with one attached hydrogen (secondary N) is 2. The molecule has 8 nitrogen and oxygen atoms in total. The number of esters is 1. The van der Waals surface area contributed by atoms with Crippen LogP contribution in [0.15, 0.2) is 36.1 Å². The zero-order valence-electron chi connectivity index (χ0n) is 15.9. The molecule has 29 heavy (non-hydrogen) atoms. The van der Waals surface area contributed by atoms with Crippen molar-refractivity contribution in [1.82, 2.24) is 20.3 Å². The molecular formula is C20H19N5O3S. The molecule has 3 heterocycles. The van der Waals surface area contributed by atoms with Crippen molar-refractivity contribution < 1.29 is 14.3 Å². The second-order valence-electron chi connectivity index (χ2n) is 6.74. The fourth-order valence-corrected chi connectivity index (χ4v) is 3.62. The lowest BCUT2D eigenvalue weighted by molar-refractivity contribution is 0.0600. The van der Waals surface area contributed by atoms with Gasteiger partial charge in [0.05, 0.1) is 12.7 Å². The van der Waals surface area contributed by atoms with Crippen LogP contribution >= 0.6 is 11.3 Å². The largest absolute Gasteiger partial charge is 0.465 e. The minimum absolute atomic E-state index is 0.252. The summed E-state index contributed by atoms with van der Waals surface area (Å²) >= 11 is 1.50. The van der Waals surface area contributed by atoms with Gasteiger partial charge in [-0.05, 0) is 31.9 Å². The van der Waals surface area contributed by atoms with Crippen molar-refractivity contribution in [2.75, 3.05) is 12.4 Å². The van der Waals surface area contributed by atoms with Gasteiger partial charge in [-0.1, -0.05) is 0 Å². The van der Waals surface area contributed by atoms with Crippen molar-refractivity contribution in [3.8, 4) is 21.7 Å². The van der Waals surface area contributed by atoms with Gasteiger partial charge in [0.2, 0.25) is 0 Å². The van der Waals surface area contributed by atoms with Crippen molar-refractivity contribution in [3.05, 3.63) is 47.4 Å². The van der Waals surface area contributed by atoms with Gasteiger partial charge in [0.1, 0.15) is 10.8 Å². The minimum atomic E-state index is -0.464. The van der Waals surface area contributed by atoms with Crippen LogP contribution in [-0.4, -0.2) is 40.1 Å². The first kappa shape index (κ1) is 19.0. The third kappa shape index (κ3) is 4.40. The Hall–Kier alpha value is -3.33. The number of amides is 2. The molecule has 148 valence electrons. The van der Waals surface area contributed by atoms with E-state index in [0.717, 1.165) is 34.7 Å². The van der Waals surface area contributed by atoms with E-state index in [1.165, 1.54) is 24.6 Å². The number of pyridine rings is 2. The van der Waals surface area contributed by atoms with Crippen LogP contribution < -0.4 is 10.6 Å². The highest BCUT2D eigenvalue weighted by Crippen LogP contribution is 2.35. The van der Waals surface area contributed by atoms with Gasteiger partial charge in [-0.25, -0.2) is 19.6 Å². The Morgan fingerprint density at radius 1 is 1.17 bits per heavy atom. The summed E-state index contributed by atoms with van der Waals surface area (Å²) in [5, 5.41) is 8.39. The Labute approximate surface area is 171 Å². The van der Waals surface area contributed by atoms with Crippen LogP contribution in [0.4, 0.5) is 10.6 Å². The van der Waals surface area contributed by atoms with Gasteiger partial charge < -0.3 is 10.1 Å². The molecule has 3 aromatic rings. The van der Waals surface area contributed by atoms with E-state index < -0.39 is 5.97 Å². The molecular weight excluding hydrogens is 390 g/mol. The summed E-state index contributed by atoms with van der Waals surface area (Å²) in [5.74, 6) is -0.0409. The summed E-state index contributed by atoms with van der Waals surface area (Å²) in [6.07, 6.45) is 6.77. The van der Waals surface area contributed by atoms with Crippen LogP contribution in [0.5, 0.6) is 0 Å². The monoisotopic (exact) mass is 409 g/mol. The maximum atomic E-state index is 12.1. The number of carbonyl (C=O) groups is 2. The summed E-state index contributed by atoms with van der Waals surface area (Å²) in [4.78, 5) is 37.1. The highest BCUT2D eigenvalue weighted by molar-refractivity contribution is 7.13. The number of urea groups is 1. The van der Waals surface area contributed by atoms with Crippen LogP contribution in [0.2, 0.25) is 0 Å². The molecule has 1 fully saturated rings. The van der Waals surface area contributed by atoms with Crippen molar-refractivity contribution in [2.24, 2.45) is 0 Å². The predicted molar refractivity (Wildman–Crippen MR) is 110 cm³/mol. The molecule has 4 rings (SSSR count). The molecule has 0 spiro atoms. The average molecular weight is 409 g/mol. The molecule has 0 atom stereocenters. The molecule has 1 saturated carbocycles. The Morgan fingerprint density at radius 2 is 2.00 bits per heavy atom. The van der Waals surface area contributed by atoms with Gasteiger partial charge in [-0.2, -0.15) is 0 Å². The fourth-order valence-electron chi connectivity index (χ4n) is 2.79. The summed E-state index contributed by atoms with van der Waals surface area (Å²) < 4.78 is 4.79. The highest BCUT2D eigenvalue weighted by Gasteiger charge is 2.23. The second-order valence-corrected chi connectivity index (χ2v) is 7.59. The first-order valence-corrected chi connectivity index (χ1v) is 9.95. The zero-order chi connectivity index (χ0) is 20.4. The number of ether oxygens (including phenoxy) is 1. The van der Waals surface area contributed by atoms with Gasteiger partial charge in [-0.15, -0.1) is 11.3 Å². The first-order valence-electron chi connectivity index (χ1n) is 9.07. The van der Waals surface area contributed by atoms with Crippen LogP contribution in [0.1, 0.15) is 28.9 Å². The van der Waals surface area contributed by atoms with Gasteiger partial charge in [0.25, 0.3) is 0 Å². The maximum Gasteiger partial charge on any atom is 0.339 e. The van der Waals surface area contributed by atoms with Gasteiger partial charge >= 0.3 is 12.0 Å². The van der Waals surface area contributed by atoms with E-state index in [1.54, 1.807) is 24.5 Å². The maximum absolute atomic E-state index is 12.1. The lowest BCUT2D eigenvalue weighted by atomic mass is 10.0. The number of carbonyl (C=O) groups excluding carboxylic acids is 2. The molecule has 0 aromatic carbocycles. The lowest BCUT2D eigenvalue weighted by Crippen LogP contribution is -2.30. The highest BCUT2D eigenvalue weighted by atomic mass is 32.1. The van der Waals surface area contributed by atoms with E-state index in [-0.39, 0.29) is 12.1 Å². The molecule has 2 amide bonds. The number of nitrogens with zero attached hydrogens (tertiary/aromatic N) is 3. The minimum Gasteiger partial charge on any atom is -0.465 e. The number of rotatable bonds is 5. The summed E-state index contributed by atoms with van der Waals surface area (Å²) in [6.45, 7) is 1.92. The molecule has 0 radical (unpaired) electrons. The smallest absolute Gasteiger partial charge is 0.339 e. The van der Waals surface area contributed by atoms with Crippen molar-refractivity contribution in [3.63, 3.8) is 0 Å². The SMILES string of the molecule is COC(=O)c1cncc(-c2cnc(NC(=O)NC3CC3)cc2-c2nc(C)cs2)c1. The second kappa shape index (κ2) is 7.96. The molecule has 1 aliphatic rings. The predicted octanol–water partition coefficient (Wildman–Crippen LogP) is 3.65. The number of hydrogen-bond acceptors (Lipinski definition) is 7. The van der Waals surface area contributed by atoms with Crippen LogP contribution in [0.25, 0.3) is 21.7 Å². The van der Waals surface area contributed by atoms with Gasteiger partial charge in [0, 0.05) is 52.4 Å². The molecule has 1 aliphatic carbocycles. The number of anilines is 1. The van der Waals surface area contributed by atoms with Crippen LogP contribution in [0, 0.1) is 6.92 Å². The van der Waals surface area contributed by atoms with Gasteiger partial charge in [-0.3, -0.25) is 10.3 Å².